The van der Waals surface area contributed by atoms with Gasteiger partial charge in [0.2, 0.25) is 0 Å². The lowest BCUT2D eigenvalue weighted by atomic mass is 9.76. The topological polar surface area (TPSA) is 49.7 Å². The minimum Gasteiger partial charge on any atom is -0.423 e. The molecule has 0 bridgehead atoms. The van der Waals surface area contributed by atoms with Gasteiger partial charge in [-0.15, -0.1) is 0 Å². The molecule has 2 rings (SSSR count). The Morgan fingerprint density at radius 2 is 1.63 bits per heavy atom. The molecule has 0 aromatic heterocycles. The van der Waals surface area contributed by atoms with Crippen molar-refractivity contribution in [3.63, 3.8) is 0 Å². The highest BCUT2D eigenvalue weighted by atomic mass is 16.5. The van der Waals surface area contributed by atoms with E-state index in [4.69, 9.17) is 4.65 Å². The van der Waals surface area contributed by atoms with E-state index >= 15 is 0 Å². The van der Waals surface area contributed by atoms with E-state index in [0.717, 1.165) is 5.46 Å². The van der Waals surface area contributed by atoms with Gasteiger partial charge in [-0.25, -0.2) is 0 Å². The number of aliphatic hydroxyl groups is 1. The van der Waals surface area contributed by atoms with Gasteiger partial charge in [0.15, 0.2) is 0 Å². The van der Waals surface area contributed by atoms with Gasteiger partial charge in [0.1, 0.15) is 0 Å². The average molecular weight is 262 g/mol. The predicted molar refractivity (Wildman–Crippen MR) is 77.5 cm³/mol. The Morgan fingerprint density at radius 1 is 1.11 bits per heavy atom. The summed E-state index contributed by atoms with van der Waals surface area (Å²) in [5, 5.41) is 20.2. The molecule has 1 fully saturated rings. The minimum absolute atomic E-state index is 0.708. The Hall–Kier alpha value is -0.835. The third kappa shape index (κ3) is 3.38. The van der Waals surface area contributed by atoms with Gasteiger partial charge < -0.3 is 14.8 Å². The molecule has 4 heteroatoms. The molecule has 1 saturated carbocycles. The van der Waals surface area contributed by atoms with Crippen LogP contribution in [-0.4, -0.2) is 28.5 Å². The van der Waals surface area contributed by atoms with Crippen LogP contribution in [0.25, 0.3) is 0 Å². The molecule has 0 aliphatic heterocycles. The lowest BCUT2D eigenvalue weighted by molar-refractivity contribution is -0.0982. The zero-order chi connectivity index (χ0) is 14.3. The standard InChI is InChI=1S/C15H23BO3/c1-14(2,17)15(3,4)19-16(18)13-9-7-12(8-10-13)11-5-6-11/h7-11,17-18H,5-6H2,1-4H3. The van der Waals surface area contributed by atoms with Gasteiger partial charge in [0.05, 0.1) is 11.2 Å². The fourth-order valence-corrected chi connectivity index (χ4v) is 1.84. The number of hydrogen-bond acceptors (Lipinski definition) is 3. The van der Waals surface area contributed by atoms with Crippen LogP contribution in [0.3, 0.4) is 0 Å². The van der Waals surface area contributed by atoms with Crippen molar-refractivity contribution >= 4 is 12.6 Å². The van der Waals surface area contributed by atoms with E-state index in [-0.39, 0.29) is 0 Å². The molecule has 1 aliphatic rings. The molecule has 0 spiro atoms. The third-order valence-electron chi connectivity index (χ3n) is 4.15. The van der Waals surface area contributed by atoms with Crippen LogP contribution in [0, 0.1) is 0 Å². The van der Waals surface area contributed by atoms with Gasteiger partial charge in [-0.3, -0.25) is 0 Å². The average Bonchev–Trinajstić information content (AvgIpc) is 3.11. The summed E-state index contributed by atoms with van der Waals surface area (Å²) in [5.41, 5.74) is 0.197. The van der Waals surface area contributed by atoms with Crippen LogP contribution in [0.2, 0.25) is 0 Å². The summed E-state index contributed by atoms with van der Waals surface area (Å²) in [6, 6.07) is 7.91. The molecule has 1 aromatic rings. The van der Waals surface area contributed by atoms with Crippen LogP contribution in [0.5, 0.6) is 0 Å². The second-order valence-corrected chi connectivity index (χ2v) is 6.48. The van der Waals surface area contributed by atoms with Crippen LogP contribution < -0.4 is 5.46 Å². The first kappa shape index (κ1) is 14.6. The first-order valence-corrected chi connectivity index (χ1v) is 6.89. The fourth-order valence-electron chi connectivity index (χ4n) is 1.84. The van der Waals surface area contributed by atoms with Crippen molar-refractivity contribution in [1.82, 2.24) is 0 Å². The Labute approximate surface area is 115 Å². The molecule has 0 amide bonds. The van der Waals surface area contributed by atoms with E-state index in [1.807, 2.05) is 12.1 Å². The van der Waals surface area contributed by atoms with Crippen molar-refractivity contribution in [2.75, 3.05) is 0 Å². The first-order valence-electron chi connectivity index (χ1n) is 6.89. The minimum atomic E-state index is -1.03. The largest absolute Gasteiger partial charge is 0.491 e. The second-order valence-electron chi connectivity index (χ2n) is 6.48. The van der Waals surface area contributed by atoms with Crippen LogP contribution in [0.15, 0.2) is 24.3 Å². The lowest BCUT2D eigenvalue weighted by Gasteiger charge is -2.38. The zero-order valence-electron chi connectivity index (χ0n) is 12.2. The molecule has 0 heterocycles. The monoisotopic (exact) mass is 262 g/mol. The quantitative estimate of drug-likeness (QED) is 0.796. The highest BCUT2D eigenvalue weighted by molar-refractivity contribution is 6.60. The van der Waals surface area contributed by atoms with E-state index in [1.165, 1.54) is 18.4 Å². The maximum Gasteiger partial charge on any atom is 0.491 e. The summed E-state index contributed by atoms with van der Waals surface area (Å²) in [5.74, 6) is 0.708. The molecule has 0 saturated heterocycles. The molecule has 1 aliphatic carbocycles. The van der Waals surface area contributed by atoms with Crippen LogP contribution in [0.4, 0.5) is 0 Å². The maximum absolute atomic E-state index is 10.1. The Bertz CT molecular complexity index is 430. The Kier molecular flexibility index (Phi) is 3.78. The molecular formula is C15H23BO3. The molecule has 2 N–H and O–H groups in total. The highest BCUT2D eigenvalue weighted by Crippen LogP contribution is 2.39. The van der Waals surface area contributed by atoms with Gasteiger partial charge in [-0.1, -0.05) is 24.3 Å². The predicted octanol–water partition coefficient (Wildman–Crippen LogP) is 1.82. The van der Waals surface area contributed by atoms with Gasteiger partial charge in [-0.2, -0.15) is 0 Å². The molecule has 19 heavy (non-hydrogen) atoms. The fraction of sp³-hybridized carbons (Fsp3) is 0.600. The summed E-state index contributed by atoms with van der Waals surface area (Å²) in [6.07, 6.45) is 2.54. The van der Waals surface area contributed by atoms with Crippen molar-refractivity contribution in [3.05, 3.63) is 29.8 Å². The van der Waals surface area contributed by atoms with Crippen LogP contribution in [0.1, 0.15) is 52.0 Å². The molecule has 0 atom stereocenters. The Morgan fingerprint density at radius 3 is 2.05 bits per heavy atom. The maximum atomic E-state index is 10.1. The smallest absolute Gasteiger partial charge is 0.423 e. The van der Waals surface area contributed by atoms with Gasteiger partial charge in [-0.05, 0) is 57.5 Å². The number of benzene rings is 1. The van der Waals surface area contributed by atoms with E-state index in [9.17, 15) is 10.1 Å². The lowest BCUT2D eigenvalue weighted by Crippen LogP contribution is -2.53. The van der Waals surface area contributed by atoms with E-state index in [2.05, 4.69) is 12.1 Å². The van der Waals surface area contributed by atoms with Crippen LogP contribution >= 0.6 is 0 Å². The summed E-state index contributed by atoms with van der Waals surface area (Å²) < 4.78 is 5.61. The van der Waals surface area contributed by atoms with E-state index in [1.54, 1.807) is 27.7 Å². The SMILES string of the molecule is CC(C)(O)C(C)(C)OB(O)c1ccc(C2CC2)cc1. The zero-order valence-corrected chi connectivity index (χ0v) is 12.2. The van der Waals surface area contributed by atoms with Gasteiger partial charge in [0.25, 0.3) is 0 Å². The van der Waals surface area contributed by atoms with Crippen molar-refractivity contribution < 1.29 is 14.8 Å². The summed E-state index contributed by atoms with van der Waals surface area (Å²) >= 11 is 0. The second kappa shape index (κ2) is 4.93. The molecule has 3 nitrogen and oxygen atoms in total. The van der Waals surface area contributed by atoms with Crippen molar-refractivity contribution in [1.29, 1.82) is 0 Å². The number of rotatable bonds is 5. The molecular weight excluding hydrogens is 239 g/mol. The Balaban J connectivity index is 2.04. The number of hydrogen-bond donors (Lipinski definition) is 2. The van der Waals surface area contributed by atoms with E-state index in [0.29, 0.717) is 5.92 Å². The molecule has 104 valence electrons. The molecule has 0 unspecified atom stereocenters. The molecule has 0 radical (unpaired) electrons. The van der Waals surface area contributed by atoms with E-state index < -0.39 is 18.3 Å². The van der Waals surface area contributed by atoms with Gasteiger partial charge in [0, 0.05) is 0 Å². The normalized spacial score (nSPS) is 16.5. The summed E-state index contributed by atoms with van der Waals surface area (Å²) in [6.45, 7) is 6.90. The first-order chi connectivity index (χ1) is 8.71. The van der Waals surface area contributed by atoms with Crippen LogP contribution in [-0.2, 0) is 4.65 Å². The highest BCUT2D eigenvalue weighted by Gasteiger charge is 2.39. The van der Waals surface area contributed by atoms with Gasteiger partial charge >= 0.3 is 7.12 Å². The molecule has 1 aromatic carbocycles. The van der Waals surface area contributed by atoms with Crippen molar-refractivity contribution in [3.8, 4) is 0 Å². The van der Waals surface area contributed by atoms with Crippen molar-refractivity contribution in [2.24, 2.45) is 0 Å². The van der Waals surface area contributed by atoms with Crippen molar-refractivity contribution in [2.45, 2.75) is 57.7 Å². The summed E-state index contributed by atoms with van der Waals surface area (Å²) in [4.78, 5) is 0. The third-order valence-corrected chi connectivity index (χ3v) is 4.15. The summed E-state index contributed by atoms with van der Waals surface area (Å²) in [7, 11) is -1.02.